The van der Waals surface area contributed by atoms with Crippen LogP contribution in [0.1, 0.15) is 23.2 Å². The van der Waals surface area contributed by atoms with E-state index in [1.54, 1.807) is 0 Å². The Morgan fingerprint density at radius 2 is 2.30 bits per heavy atom. The molecule has 0 aliphatic carbocycles. The van der Waals surface area contributed by atoms with Crippen molar-refractivity contribution in [1.82, 2.24) is 5.32 Å². The molecule has 1 aromatic carbocycles. The molecule has 8 heteroatoms. The van der Waals surface area contributed by atoms with Gasteiger partial charge in [-0.25, -0.2) is 4.79 Å². The molecule has 0 spiro atoms. The highest BCUT2D eigenvalue weighted by molar-refractivity contribution is 5.93. The number of nitro benzene ring substituents is 1. The molecule has 0 saturated carbocycles. The van der Waals surface area contributed by atoms with E-state index in [0.29, 0.717) is 25.1 Å². The third-order valence-electron chi connectivity index (χ3n) is 3.06. The number of benzene rings is 1. The smallest absolute Gasteiger partial charge is 0.342 e. The monoisotopic (exact) mass is 279 g/mol. The lowest BCUT2D eigenvalue weighted by molar-refractivity contribution is -0.385. The minimum absolute atomic E-state index is 0.00766. The number of nitrogens with zero attached hydrogens (tertiary/aromatic N) is 1. The molecule has 3 N–H and O–H groups in total. The minimum atomic E-state index is -1.35. The van der Waals surface area contributed by atoms with Crippen LogP contribution in [0, 0.1) is 10.1 Å². The van der Waals surface area contributed by atoms with Crippen LogP contribution in [-0.4, -0.2) is 34.5 Å². The maximum Gasteiger partial charge on any atom is 0.342 e. The Kier molecular flexibility index (Phi) is 3.83. The lowest BCUT2D eigenvalue weighted by Crippen LogP contribution is -2.31. The number of carboxylic acids is 1. The van der Waals surface area contributed by atoms with Crippen LogP contribution >= 0.6 is 0 Å². The number of hydrogen-bond donors (Lipinski definition) is 3. The Labute approximate surface area is 113 Å². The zero-order chi connectivity index (χ0) is 14.7. The van der Waals surface area contributed by atoms with Gasteiger partial charge in [0.2, 0.25) is 5.91 Å². The molecule has 0 aromatic heterocycles. The molecule has 106 valence electrons. The van der Waals surface area contributed by atoms with E-state index in [9.17, 15) is 19.7 Å². The highest BCUT2D eigenvalue weighted by Crippen LogP contribution is 2.23. The molecule has 20 heavy (non-hydrogen) atoms. The summed E-state index contributed by atoms with van der Waals surface area (Å²) in [6.45, 7) is 0.447. The number of carboxylic acid groups (broad SMARTS) is 1. The van der Waals surface area contributed by atoms with Crippen molar-refractivity contribution in [1.29, 1.82) is 0 Å². The Morgan fingerprint density at radius 3 is 2.85 bits per heavy atom. The Hall–Kier alpha value is -2.64. The van der Waals surface area contributed by atoms with Crippen molar-refractivity contribution in [2.45, 2.75) is 18.9 Å². The molecule has 1 fully saturated rings. The molecule has 1 aromatic rings. The summed E-state index contributed by atoms with van der Waals surface area (Å²) in [6.07, 6.45) is 1.19. The van der Waals surface area contributed by atoms with Crippen LogP contribution in [0.25, 0.3) is 0 Å². The van der Waals surface area contributed by atoms with Gasteiger partial charge >= 0.3 is 5.97 Å². The van der Waals surface area contributed by atoms with Crippen molar-refractivity contribution in [3.8, 4) is 0 Å². The number of nitrogens with one attached hydrogen (secondary N) is 2. The fraction of sp³-hybridized carbons (Fsp3) is 0.333. The molecule has 1 amide bonds. The van der Waals surface area contributed by atoms with Gasteiger partial charge < -0.3 is 15.7 Å². The topological polar surface area (TPSA) is 122 Å². The van der Waals surface area contributed by atoms with E-state index in [-0.39, 0.29) is 17.5 Å². The number of hydrogen-bond acceptors (Lipinski definition) is 5. The van der Waals surface area contributed by atoms with Crippen LogP contribution in [0.4, 0.5) is 11.4 Å². The summed E-state index contributed by atoms with van der Waals surface area (Å²) < 4.78 is 0. The quantitative estimate of drug-likeness (QED) is 0.545. The first-order valence-corrected chi connectivity index (χ1v) is 6.02. The number of carbonyl (C=O) groups excluding carboxylic acids is 1. The highest BCUT2D eigenvalue weighted by atomic mass is 16.6. The normalized spacial score (nSPS) is 17.6. The summed E-state index contributed by atoms with van der Waals surface area (Å²) in [7, 11) is 0. The lowest BCUT2D eigenvalue weighted by atomic mass is 10.1. The summed E-state index contributed by atoms with van der Waals surface area (Å²) in [4.78, 5) is 32.0. The molecule has 8 nitrogen and oxygen atoms in total. The van der Waals surface area contributed by atoms with Gasteiger partial charge in [0.15, 0.2) is 0 Å². The average molecular weight is 279 g/mol. The maximum atomic E-state index is 11.0. The predicted octanol–water partition coefficient (Wildman–Crippen LogP) is 0.983. The molecule has 1 heterocycles. The van der Waals surface area contributed by atoms with Crippen LogP contribution in [0.15, 0.2) is 18.2 Å². The fourth-order valence-electron chi connectivity index (χ4n) is 2.05. The first kappa shape index (κ1) is 13.8. The SMILES string of the molecule is O=C1CCC(CNc2ccc([N+](=O)[O-])c(C(=O)O)c2)N1. The largest absolute Gasteiger partial charge is 0.477 e. The molecule has 0 bridgehead atoms. The molecule has 0 radical (unpaired) electrons. The molecule has 2 rings (SSSR count). The molecule has 1 aliphatic heterocycles. The van der Waals surface area contributed by atoms with Gasteiger partial charge in [0.05, 0.1) is 4.92 Å². The van der Waals surface area contributed by atoms with E-state index < -0.39 is 16.6 Å². The second-order valence-electron chi connectivity index (χ2n) is 4.48. The van der Waals surface area contributed by atoms with E-state index in [1.807, 2.05) is 0 Å². The summed E-state index contributed by atoms with van der Waals surface area (Å²) in [5.41, 5.74) is -0.346. The van der Waals surface area contributed by atoms with Crippen molar-refractivity contribution in [2.75, 3.05) is 11.9 Å². The fourth-order valence-corrected chi connectivity index (χ4v) is 2.05. The molecular weight excluding hydrogens is 266 g/mol. The van der Waals surface area contributed by atoms with Crippen LogP contribution in [-0.2, 0) is 4.79 Å². The summed E-state index contributed by atoms with van der Waals surface area (Å²) in [6, 6.07) is 3.81. The van der Waals surface area contributed by atoms with Gasteiger partial charge in [-0.3, -0.25) is 14.9 Å². The van der Waals surface area contributed by atoms with E-state index in [2.05, 4.69) is 10.6 Å². The number of anilines is 1. The van der Waals surface area contributed by atoms with Crippen LogP contribution < -0.4 is 10.6 Å². The van der Waals surface area contributed by atoms with Crippen LogP contribution in [0.5, 0.6) is 0 Å². The molecule has 1 saturated heterocycles. The van der Waals surface area contributed by atoms with Crippen molar-refractivity contribution in [2.24, 2.45) is 0 Å². The number of amides is 1. The molecule has 1 unspecified atom stereocenters. The Morgan fingerprint density at radius 1 is 1.55 bits per heavy atom. The van der Waals surface area contributed by atoms with Crippen molar-refractivity contribution in [3.63, 3.8) is 0 Å². The van der Waals surface area contributed by atoms with Crippen molar-refractivity contribution < 1.29 is 19.6 Å². The zero-order valence-corrected chi connectivity index (χ0v) is 10.5. The second-order valence-corrected chi connectivity index (χ2v) is 4.48. The van der Waals surface area contributed by atoms with Crippen LogP contribution in [0.3, 0.4) is 0 Å². The molecular formula is C12H13N3O5. The third-order valence-corrected chi connectivity index (χ3v) is 3.06. The van der Waals surface area contributed by atoms with Gasteiger partial charge in [0.25, 0.3) is 5.69 Å². The number of nitro groups is 1. The highest BCUT2D eigenvalue weighted by Gasteiger charge is 2.22. The van der Waals surface area contributed by atoms with Crippen molar-refractivity contribution >= 4 is 23.3 Å². The zero-order valence-electron chi connectivity index (χ0n) is 10.5. The predicted molar refractivity (Wildman–Crippen MR) is 69.7 cm³/mol. The average Bonchev–Trinajstić information content (AvgIpc) is 2.81. The minimum Gasteiger partial charge on any atom is -0.477 e. The Bertz CT molecular complexity index is 572. The number of aromatic carboxylic acids is 1. The van der Waals surface area contributed by atoms with Gasteiger partial charge in [-0.05, 0) is 18.6 Å². The van der Waals surface area contributed by atoms with E-state index >= 15 is 0 Å². The summed E-state index contributed by atoms with van der Waals surface area (Å²) >= 11 is 0. The maximum absolute atomic E-state index is 11.0. The summed E-state index contributed by atoms with van der Waals surface area (Å²) in [5.74, 6) is -1.36. The van der Waals surface area contributed by atoms with Gasteiger partial charge in [-0.15, -0.1) is 0 Å². The van der Waals surface area contributed by atoms with E-state index in [4.69, 9.17) is 5.11 Å². The van der Waals surface area contributed by atoms with Gasteiger partial charge in [-0.2, -0.15) is 0 Å². The first-order chi connectivity index (χ1) is 9.47. The van der Waals surface area contributed by atoms with E-state index in [1.165, 1.54) is 12.1 Å². The lowest BCUT2D eigenvalue weighted by Gasteiger charge is -2.12. The summed E-state index contributed by atoms with van der Waals surface area (Å²) in [5, 5.41) is 25.4. The number of carbonyl (C=O) groups is 2. The van der Waals surface area contributed by atoms with Gasteiger partial charge in [-0.1, -0.05) is 0 Å². The molecule has 1 atom stereocenters. The third kappa shape index (κ3) is 3.02. The Balaban J connectivity index is 2.09. The van der Waals surface area contributed by atoms with Crippen molar-refractivity contribution in [3.05, 3.63) is 33.9 Å². The first-order valence-electron chi connectivity index (χ1n) is 6.02. The standard InChI is InChI=1S/C12H13N3O5/c16-11-4-2-8(14-11)6-13-7-1-3-10(15(19)20)9(5-7)12(17)18/h1,3,5,8,13H,2,4,6H2,(H,14,16)(H,17,18). The van der Waals surface area contributed by atoms with Crippen LogP contribution in [0.2, 0.25) is 0 Å². The number of rotatable bonds is 5. The molecule has 1 aliphatic rings. The van der Waals surface area contributed by atoms with Gasteiger partial charge in [0.1, 0.15) is 5.56 Å². The second kappa shape index (κ2) is 5.55. The van der Waals surface area contributed by atoms with E-state index in [0.717, 1.165) is 6.07 Å². The van der Waals surface area contributed by atoms with Gasteiger partial charge in [0, 0.05) is 30.8 Å².